The molecule has 3 nitrogen and oxygen atoms in total. The molecule has 72 valence electrons. The van der Waals surface area contributed by atoms with Crippen LogP contribution in [-0.4, -0.2) is 11.9 Å². The first-order valence-electron chi connectivity index (χ1n) is 4.72. The van der Waals surface area contributed by atoms with Gasteiger partial charge in [-0.1, -0.05) is 6.92 Å². The van der Waals surface area contributed by atoms with Crippen molar-refractivity contribution in [3.63, 3.8) is 0 Å². The molecule has 0 heterocycles. The molecule has 13 heavy (non-hydrogen) atoms. The van der Waals surface area contributed by atoms with Crippen LogP contribution in [0.3, 0.4) is 0 Å². The van der Waals surface area contributed by atoms with Gasteiger partial charge in [0.1, 0.15) is 5.41 Å². The lowest BCUT2D eigenvalue weighted by atomic mass is 9.63. The normalized spacial score (nSPS) is 32.1. The molecule has 0 radical (unpaired) electrons. The molecule has 1 amide bonds. The highest BCUT2D eigenvalue weighted by Crippen LogP contribution is 2.45. The smallest absolute Gasteiger partial charge is 0.240 e. The zero-order chi connectivity index (χ0) is 10.1. The Morgan fingerprint density at radius 2 is 2.15 bits per heavy atom. The van der Waals surface area contributed by atoms with Crippen molar-refractivity contribution in [2.45, 2.75) is 39.7 Å². The van der Waals surface area contributed by atoms with Gasteiger partial charge in [-0.2, -0.15) is 5.26 Å². The molecule has 0 spiro atoms. The number of carbonyl (C=O) groups excluding carboxylic acids is 1. The van der Waals surface area contributed by atoms with Gasteiger partial charge in [0, 0.05) is 6.04 Å². The SMILES string of the molecule is CC1CC(C#N)(C(=O)NC(C)C)C1. The Labute approximate surface area is 79.1 Å². The van der Waals surface area contributed by atoms with Crippen LogP contribution in [0.5, 0.6) is 0 Å². The van der Waals surface area contributed by atoms with Crippen LogP contribution in [0, 0.1) is 22.7 Å². The Hall–Kier alpha value is -1.04. The summed E-state index contributed by atoms with van der Waals surface area (Å²) < 4.78 is 0. The van der Waals surface area contributed by atoms with Crippen LogP contribution < -0.4 is 5.32 Å². The van der Waals surface area contributed by atoms with E-state index >= 15 is 0 Å². The minimum atomic E-state index is -0.719. The zero-order valence-electron chi connectivity index (χ0n) is 8.42. The second-order valence-electron chi connectivity index (χ2n) is 4.34. The number of hydrogen-bond donors (Lipinski definition) is 1. The van der Waals surface area contributed by atoms with Crippen LogP contribution in [0.1, 0.15) is 33.6 Å². The van der Waals surface area contributed by atoms with Crippen LogP contribution in [-0.2, 0) is 4.79 Å². The lowest BCUT2D eigenvalue weighted by Crippen LogP contribution is -2.49. The molecule has 1 fully saturated rings. The van der Waals surface area contributed by atoms with E-state index in [2.05, 4.69) is 18.3 Å². The van der Waals surface area contributed by atoms with Crippen molar-refractivity contribution >= 4 is 5.91 Å². The molecular weight excluding hydrogens is 164 g/mol. The van der Waals surface area contributed by atoms with E-state index in [1.165, 1.54) is 0 Å². The minimum absolute atomic E-state index is 0.0944. The lowest BCUT2D eigenvalue weighted by molar-refractivity contribution is -0.134. The molecule has 0 aromatic rings. The summed E-state index contributed by atoms with van der Waals surface area (Å²) in [5.41, 5.74) is -0.719. The summed E-state index contributed by atoms with van der Waals surface area (Å²) in [6.07, 6.45) is 1.42. The Bertz CT molecular complexity index is 246. The molecule has 1 aliphatic rings. The largest absolute Gasteiger partial charge is 0.353 e. The highest BCUT2D eigenvalue weighted by Gasteiger charge is 2.48. The van der Waals surface area contributed by atoms with Gasteiger partial charge in [0.2, 0.25) is 5.91 Å². The predicted octanol–water partition coefficient (Wildman–Crippen LogP) is 1.45. The molecule has 0 saturated heterocycles. The number of amides is 1. The van der Waals surface area contributed by atoms with Gasteiger partial charge in [-0.3, -0.25) is 4.79 Å². The highest BCUT2D eigenvalue weighted by atomic mass is 16.2. The summed E-state index contributed by atoms with van der Waals surface area (Å²) in [7, 11) is 0. The van der Waals surface area contributed by atoms with Gasteiger partial charge >= 0.3 is 0 Å². The molecule has 0 aromatic carbocycles. The van der Waals surface area contributed by atoms with Crippen molar-refractivity contribution in [3.8, 4) is 6.07 Å². The topological polar surface area (TPSA) is 52.9 Å². The first-order chi connectivity index (χ1) is 6.00. The fourth-order valence-corrected chi connectivity index (χ4v) is 1.86. The quantitative estimate of drug-likeness (QED) is 0.699. The van der Waals surface area contributed by atoms with Crippen molar-refractivity contribution in [3.05, 3.63) is 0 Å². The Morgan fingerprint density at radius 1 is 1.62 bits per heavy atom. The average Bonchev–Trinajstić information content (AvgIpc) is 1.96. The molecule has 0 bridgehead atoms. The van der Waals surface area contributed by atoms with E-state index in [1.807, 2.05) is 13.8 Å². The van der Waals surface area contributed by atoms with E-state index < -0.39 is 5.41 Å². The van der Waals surface area contributed by atoms with E-state index in [1.54, 1.807) is 0 Å². The van der Waals surface area contributed by atoms with Crippen molar-refractivity contribution in [1.82, 2.24) is 5.32 Å². The summed E-state index contributed by atoms with van der Waals surface area (Å²) in [6.45, 7) is 5.88. The molecule has 0 unspecified atom stereocenters. The van der Waals surface area contributed by atoms with Gasteiger partial charge in [0.25, 0.3) is 0 Å². The number of nitriles is 1. The van der Waals surface area contributed by atoms with Gasteiger partial charge in [-0.15, -0.1) is 0 Å². The molecule has 0 aromatic heterocycles. The zero-order valence-corrected chi connectivity index (χ0v) is 8.42. The molecule has 3 heteroatoms. The van der Waals surface area contributed by atoms with Crippen LogP contribution in [0.4, 0.5) is 0 Å². The van der Waals surface area contributed by atoms with Gasteiger partial charge in [-0.25, -0.2) is 0 Å². The third kappa shape index (κ3) is 1.82. The predicted molar refractivity (Wildman–Crippen MR) is 49.7 cm³/mol. The van der Waals surface area contributed by atoms with Crippen molar-refractivity contribution in [1.29, 1.82) is 5.26 Å². The van der Waals surface area contributed by atoms with E-state index in [4.69, 9.17) is 5.26 Å². The van der Waals surface area contributed by atoms with Crippen LogP contribution in [0.2, 0.25) is 0 Å². The minimum Gasteiger partial charge on any atom is -0.353 e. The van der Waals surface area contributed by atoms with Crippen LogP contribution in [0.25, 0.3) is 0 Å². The second kappa shape index (κ2) is 3.37. The Morgan fingerprint density at radius 3 is 2.46 bits per heavy atom. The van der Waals surface area contributed by atoms with Gasteiger partial charge in [-0.05, 0) is 32.6 Å². The summed E-state index contributed by atoms with van der Waals surface area (Å²) in [4.78, 5) is 11.6. The summed E-state index contributed by atoms with van der Waals surface area (Å²) >= 11 is 0. The summed E-state index contributed by atoms with van der Waals surface area (Å²) in [5, 5.41) is 11.7. The van der Waals surface area contributed by atoms with E-state index in [9.17, 15) is 4.79 Å². The van der Waals surface area contributed by atoms with Crippen LogP contribution in [0.15, 0.2) is 0 Å². The fraction of sp³-hybridized carbons (Fsp3) is 0.800. The molecule has 1 rings (SSSR count). The Balaban J connectivity index is 2.59. The standard InChI is InChI=1S/C10H16N2O/c1-7(2)12-9(13)10(6-11)4-8(3)5-10/h7-8H,4-5H2,1-3H3,(H,12,13). The summed E-state index contributed by atoms with van der Waals surface area (Å²) in [5.74, 6) is 0.417. The van der Waals surface area contributed by atoms with Gasteiger partial charge in [0.15, 0.2) is 0 Å². The summed E-state index contributed by atoms with van der Waals surface area (Å²) in [6, 6.07) is 2.26. The highest BCUT2D eigenvalue weighted by molar-refractivity contribution is 5.86. The number of nitrogens with one attached hydrogen (secondary N) is 1. The van der Waals surface area contributed by atoms with E-state index in [-0.39, 0.29) is 11.9 Å². The lowest BCUT2D eigenvalue weighted by Gasteiger charge is -2.39. The molecule has 1 N–H and O–H groups in total. The van der Waals surface area contributed by atoms with Crippen molar-refractivity contribution < 1.29 is 4.79 Å². The number of nitrogens with zero attached hydrogens (tertiary/aromatic N) is 1. The second-order valence-corrected chi connectivity index (χ2v) is 4.34. The third-order valence-electron chi connectivity index (χ3n) is 2.46. The third-order valence-corrected chi connectivity index (χ3v) is 2.46. The molecule has 0 atom stereocenters. The monoisotopic (exact) mass is 180 g/mol. The fourth-order valence-electron chi connectivity index (χ4n) is 1.86. The van der Waals surface area contributed by atoms with Gasteiger partial charge < -0.3 is 5.32 Å². The first kappa shape index (κ1) is 10.0. The number of carbonyl (C=O) groups is 1. The maximum absolute atomic E-state index is 11.6. The average molecular weight is 180 g/mol. The van der Waals surface area contributed by atoms with E-state index in [0.29, 0.717) is 18.8 Å². The maximum atomic E-state index is 11.6. The molecular formula is C10H16N2O. The first-order valence-corrected chi connectivity index (χ1v) is 4.72. The Kier molecular flexibility index (Phi) is 2.60. The van der Waals surface area contributed by atoms with Crippen molar-refractivity contribution in [2.24, 2.45) is 11.3 Å². The molecule has 1 saturated carbocycles. The van der Waals surface area contributed by atoms with E-state index in [0.717, 1.165) is 0 Å². The van der Waals surface area contributed by atoms with Crippen LogP contribution >= 0.6 is 0 Å². The van der Waals surface area contributed by atoms with Crippen molar-refractivity contribution in [2.75, 3.05) is 0 Å². The maximum Gasteiger partial charge on any atom is 0.240 e. The molecule has 0 aliphatic heterocycles. The number of rotatable bonds is 2. The number of hydrogen-bond acceptors (Lipinski definition) is 2. The van der Waals surface area contributed by atoms with Gasteiger partial charge in [0.05, 0.1) is 6.07 Å². The molecule has 1 aliphatic carbocycles.